The summed E-state index contributed by atoms with van der Waals surface area (Å²) in [6.07, 6.45) is 1.02. The molecule has 148 valence electrons. The van der Waals surface area contributed by atoms with Crippen LogP contribution in [0.4, 0.5) is 8.78 Å². The minimum Gasteiger partial charge on any atom is -0.353 e. The first-order valence-electron chi connectivity index (χ1n) is 9.66. The van der Waals surface area contributed by atoms with Gasteiger partial charge in [0.05, 0.1) is 18.7 Å². The lowest BCUT2D eigenvalue weighted by Gasteiger charge is -2.37. The molecule has 0 spiro atoms. The van der Waals surface area contributed by atoms with E-state index in [2.05, 4.69) is 21.6 Å². The number of hydrogen-bond donors (Lipinski definition) is 4. The minimum atomic E-state index is -2.54. The molecule has 0 bridgehead atoms. The summed E-state index contributed by atoms with van der Waals surface area (Å²) >= 11 is 0. The van der Waals surface area contributed by atoms with E-state index in [0.29, 0.717) is 18.4 Å². The molecule has 4 aliphatic rings. The fourth-order valence-electron chi connectivity index (χ4n) is 5.11. The average Bonchev–Trinajstić information content (AvgIpc) is 3.34. The average molecular weight is 374 g/mol. The first-order valence-corrected chi connectivity index (χ1v) is 9.66. The van der Waals surface area contributed by atoms with Crippen molar-refractivity contribution in [2.45, 2.75) is 69.9 Å². The Morgan fingerprint density at radius 3 is 2.65 bits per heavy atom. The molecule has 2 aliphatic heterocycles. The second-order valence-corrected chi connectivity index (χ2v) is 8.15. The fraction of sp³-hybridized carbons (Fsp3) is 0.941. The van der Waals surface area contributed by atoms with Crippen LogP contribution in [0.1, 0.15) is 39.0 Å². The summed E-state index contributed by atoms with van der Waals surface area (Å²) in [7, 11) is 0. The molecule has 4 N–H and O–H groups in total. The minimum absolute atomic E-state index is 0.0326. The number of fused-ring (bicyclic) bond motifs is 1. The number of rotatable bonds is 4. The summed E-state index contributed by atoms with van der Waals surface area (Å²) in [6.45, 7) is 2.37. The van der Waals surface area contributed by atoms with Crippen molar-refractivity contribution in [2.24, 2.45) is 23.7 Å². The Kier molecular flexibility index (Phi) is 5.43. The van der Waals surface area contributed by atoms with Crippen molar-refractivity contribution < 1.29 is 23.3 Å². The van der Waals surface area contributed by atoms with E-state index in [1.165, 1.54) is 0 Å². The van der Waals surface area contributed by atoms with Crippen LogP contribution in [0.2, 0.25) is 0 Å². The van der Waals surface area contributed by atoms with Crippen molar-refractivity contribution in [3.05, 3.63) is 0 Å². The summed E-state index contributed by atoms with van der Waals surface area (Å²) in [5.74, 6) is 1.22. The van der Waals surface area contributed by atoms with Gasteiger partial charge in [-0.2, -0.15) is 11.0 Å². The quantitative estimate of drug-likeness (QED) is 0.585. The van der Waals surface area contributed by atoms with E-state index in [4.69, 9.17) is 9.68 Å². The second-order valence-electron chi connectivity index (χ2n) is 8.15. The molecule has 26 heavy (non-hydrogen) atoms. The largest absolute Gasteiger partial charge is 0.353 e. The molecule has 0 aromatic heterocycles. The van der Waals surface area contributed by atoms with Crippen LogP contribution >= 0.6 is 0 Å². The topological polar surface area (TPSA) is 83.7 Å². The number of carbonyl (C=O) groups excluding carboxylic acids is 1. The molecular weight excluding hydrogens is 346 g/mol. The smallest absolute Gasteiger partial charge is 0.279 e. The number of nitrogens with one attached hydrogen (secondary N) is 4. The maximum Gasteiger partial charge on any atom is 0.279 e. The van der Waals surface area contributed by atoms with E-state index >= 15 is 0 Å². The van der Waals surface area contributed by atoms with Gasteiger partial charge in [-0.25, -0.2) is 8.78 Å². The van der Waals surface area contributed by atoms with Gasteiger partial charge >= 0.3 is 0 Å². The Hall–Kier alpha value is -0.870. The first-order chi connectivity index (χ1) is 12.5. The van der Waals surface area contributed by atoms with Crippen LogP contribution in [-0.4, -0.2) is 43.4 Å². The zero-order chi connectivity index (χ0) is 18.3. The molecule has 2 aliphatic carbocycles. The highest BCUT2D eigenvalue weighted by molar-refractivity contribution is 5.80. The van der Waals surface area contributed by atoms with Crippen molar-refractivity contribution in [3.8, 4) is 0 Å². The Balaban J connectivity index is 1.29. The molecule has 1 amide bonds. The third kappa shape index (κ3) is 3.60. The fourth-order valence-corrected chi connectivity index (χ4v) is 5.11. The summed E-state index contributed by atoms with van der Waals surface area (Å²) in [5.41, 5.74) is 5.58. The zero-order valence-corrected chi connectivity index (χ0v) is 14.9. The summed E-state index contributed by atoms with van der Waals surface area (Å²) < 4.78 is 25.5. The van der Waals surface area contributed by atoms with Gasteiger partial charge in [-0.15, -0.1) is 0 Å². The number of alkyl halides is 2. The van der Waals surface area contributed by atoms with Gasteiger partial charge in [-0.3, -0.25) is 14.9 Å². The second kappa shape index (κ2) is 7.63. The maximum atomic E-state index is 12.7. The van der Waals surface area contributed by atoms with E-state index in [0.717, 1.165) is 32.1 Å². The normalized spacial score (nSPS) is 45.8. The Morgan fingerprint density at radius 2 is 1.96 bits per heavy atom. The van der Waals surface area contributed by atoms with E-state index in [1.54, 1.807) is 0 Å². The Morgan fingerprint density at radius 1 is 1.15 bits per heavy atom. The predicted octanol–water partition coefficient (Wildman–Crippen LogP) is 0.879. The molecule has 4 fully saturated rings. The van der Waals surface area contributed by atoms with Crippen LogP contribution in [0, 0.1) is 23.7 Å². The summed E-state index contributed by atoms with van der Waals surface area (Å²) in [4.78, 5) is 22.6. The van der Waals surface area contributed by atoms with Crippen LogP contribution < -0.4 is 21.6 Å². The van der Waals surface area contributed by atoms with Gasteiger partial charge in [-0.1, -0.05) is 0 Å². The molecule has 0 aromatic rings. The predicted molar refractivity (Wildman–Crippen MR) is 88.5 cm³/mol. The molecule has 2 saturated heterocycles. The Labute approximate surface area is 151 Å². The third-order valence-corrected chi connectivity index (χ3v) is 6.61. The first kappa shape index (κ1) is 18.5. The highest BCUT2D eigenvalue weighted by Crippen LogP contribution is 2.45. The maximum absolute atomic E-state index is 12.7. The number of hydroxylamine groups is 2. The lowest BCUT2D eigenvalue weighted by Crippen LogP contribution is -2.48. The van der Waals surface area contributed by atoms with Crippen LogP contribution in [0.3, 0.4) is 0 Å². The van der Waals surface area contributed by atoms with Gasteiger partial charge in [0.1, 0.15) is 0 Å². The number of carbonyl (C=O) groups is 1. The van der Waals surface area contributed by atoms with E-state index < -0.39 is 12.7 Å². The zero-order valence-electron chi connectivity index (χ0n) is 14.9. The molecule has 9 heteroatoms. The van der Waals surface area contributed by atoms with Gasteiger partial charge in [-0.05, 0) is 56.8 Å². The van der Waals surface area contributed by atoms with Crippen molar-refractivity contribution in [2.75, 3.05) is 6.61 Å². The molecule has 2 saturated carbocycles. The molecular formula is C17H28F2N4O3. The standard InChI is InChI=1S/C17H28F2N4O3/c1-8-12(7-25-22-8)16(24)20-13-5-3-9-6-10(2-4-11(9)13)15-21-17(14(18)19)26-23-15/h8-15,17,21-23H,2-7H2,1H3,(H,20,24)/t8?,9?,10?,11?,12?,13-,15?,17?/m1/s1. The highest BCUT2D eigenvalue weighted by atomic mass is 19.3. The van der Waals surface area contributed by atoms with E-state index in [1.807, 2.05) is 6.92 Å². The molecule has 0 aromatic carbocycles. The molecule has 7 nitrogen and oxygen atoms in total. The van der Waals surface area contributed by atoms with Crippen molar-refractivity contribution >= 4 is 5.91 Å². The highest BCUT2D eigenvalue weighted by Gasteiger charge is 2.45. The lowest BCUT2D eigenvalue weighted by molar-refractivity contribution is -0.126. The van der Waals surface area contributed by atoms with Crippen LogP contribution in [0.15, 0.2) is 0 Å². The molecule has 8 atom stereocenters. The molecule has 2 heterocycles. The van der Waals surface area contributed by atoms with Gasteiger partial charge in [0.25, 0.3) is 6.43 Å². The number of halogens is 2. The number of hydrogen-bond acceptors (Lipinski definition) is 6. The lowest BCUT2D eigenvalue weighted by atomic mass is 9.73. The van der Waals surface area contributed by atoms with Gasteiger partial charge in [0.2, 0.25) is 5.91 Å². The van der Waals surface area contributed by atoms with Crippen LogP contribution in [0.25, 0.3) is 0 Å². The van der Waals surface area contributed by atoms with Gasteiger partial charge in [0.15, 0.2) is 6.23 Å². The molecule has 4 rings (SSSR count). The Bertz CT molecular complexity index is 526. The monoisotopic (exact) mass is 374 g/mol. The van der Waals surface area contributed by atoms with Crippen molar-refractivity contribution in [1.82, 2.24) is 21.6 Å². The van der Waals surface area contributed by atoms with E-state index in [-0.39, 0.29) is 36.0 Å². The third-order valence-electron chi connectivity index (χ3n) is 6.61. The number of amides is 1. The molecule has 7 unspecified atom stereocenters. The van der Waals surface area contributed by atoms with Crippen molar-refractivity contribution in [1.29, 1.82) is 0 Å². The van der Waals surface area contributed by atoms with Crippen molar-refractivity contribution in [3.63, 3.8) is 0 Å². The van der Waals surface area contributed by atoms with Gasteiger partial charge < -0.3 is 10.2 Å². The SMILES string of the molecule is CC1NOCC1C(=O)N[C@@H]1CCC2CC(C3NOC(C(F)F)N3)CCC21. The van der Waals surface area contributed by atoms with Crippen LogP contribution in [0.5, 0.6) is 0 Å². The molecule has 0 radical (unpaired) electrons. The van der Waals surface area contributed by atoms with Gasteiger partial charge in [0, 0.05) is 12.1 Å². The summed E-state index contributed by atoms with van der Waals surface area (Å²) in [5, 5.41) is 6.09. The summed E-state index contributed by atoms with van der Waals surface area (Å²) in [6, 6.07) is 0.251. The van der Waals surface area contributed by atoms with Crippen LogP contribution in [-0.2, 0) is 14.5 Å². The van der Waals surface area contributed by atoms with E-state index in [9.17, 15) is 13.6 Å².